The van der Waals surface area contributed by atoms with E-state index in [0.29, 0.717) is 11.8 Å². The molecule has 0 aliphatic heterocycles. The SMILES string of the molecule is O=c1cc(C2CCCC2)nc(C2CCC2)[nH]1. The third-order valence-electron chi connectivity index (χ3n) is 4.05. The van der Waals surface area contributed by atoms with E-state index in [0.717, 1.165) is 11.5 Å². The summed E-state index contributed by atoms with van der Waals surface area (Å²) in [6.45, 7) is 0. The Bertz CT molecular complexity index is 428. The van der Waals surface area contributed by atoms with E-state index in [9.17, 15) is 4.79 Å². The summed E-state index contributed by atoms with van der Waals surface area (Å²) in [5.41, 5.74) is 1.09. The fourth-order valence-electron chi connectivity index (χ4n) is 2.80. The van der Waals surface area contributed by atoms with E-state index >= 15 is 0 Å². The van der Waals surface area contributed by atoms with Gasteiger partial charge in [0.2, 0.25) is 0 Å². The highest BCUT2D eigenvalue weighted by Crippen LogP contribution is 2.36. The zero-order chi connectivity index (χ0) is 11.0. The number of aromatic nitrogens is 2. The number of nitrogens with zero attached hydrogens (tertiary/aromatic N) is 1. The van der Waals surface area contributed by atoms with Crippen LogP contribution in [-0.4, -0.2) is 9.97 Å². The Morgan fingerprint density at radius 2 is 1.75 bits per heavy atom. The topological polar surface area (TPSA) is 45.8 Å². The van der Waals surface area contributed by atoms with Gasteiger partial charge in [-0.15, -0.1) is 0 Å². The molecular weight excluding hydrogens is 200 g/mol. The lowest BCUT2D eigenvalue weighted by Crippen LogP contribution is -2.20. The van der Waals surface area contributed by atoms with Crippen LogP contribution in [0.2, 0.25) is 0 Å². The molecule has 0 radical (unpaired) electrons. The van der Waals surface area contributed by atoms with Crippen LogP contribution in [0.3, 0.4) is 0 Å². The van der Waals surface area contributed by atoms with E-state index in [2.05, 4.69) is 9.97 Å². The van der Waals surface area contributed by atoms with Gasteiger partial charge in [0.1, 0.15) is 5.82 Å². The Balaban J connectivity index is 1.91. The predicted octanol–water partition coefficient (Wildman–Crippen LogP) is 2.70. The van der Waals surface area contributed by atoms with Crippen molar-refractivity contribution in [3.63, 3.8) is 0 Å². The Labute approximate surface area is 95.3 Å². The van der Waals surface area contributed by atoms with E-state index in [-0.39, 0.29) is 5.56 Å². The summed E-state index contributed by atoms with van der Waals surface area (Å²) >= 11 is 0. The Hall–Kier alpha value is -1.12. The van der Waals surface area contributed by atoms with Gasteiger partial charge in [-0.25, -0.2) is 4.98 Å². The minimum Gasteiger partial charge on any atom is -0.310 e. The van der Waals surface area contributed by atoms with Crippen LogP contribution in [-0.2, 0) is 0 Å². The molecule has 0 atom stereocenters. The molecule has 2 aliphatic rings. The molecule has 0 spiro atoms. The third kappa shape index (κ3) is 1.79. The van der Waals surface area contributed by atoms with Crippen molar-refractivity contribution in [1.29, 1.82) is 0 Å². The summed E-state index contributed by atoms with van der Waals surface area (Å²) < 4.78 is 0. The quantitative estimate of drug-likeness (QED) is 0.829. The first kappa shape index (κ1) is 10.1. The summed E-state index contributed by atoms with van der Waals surface area (Å²) in [4.78, 5) is 19.2. The van der Waals surface area contributed by atoms with E-state index in [1.54, 1.807) is 6.07 Å². The number of hydrogen-bond acceptors (Lipinski definition) is 2. The summed E-state index contributed by atoms with van der Waals surface area (Å²) in [7, 11) is 0. The van der Waals surface area contributed by atoms with Gasteiger partial charge >= 0.3 is 0 Å². The zero-order valence-electron chi connectivity index (χ0n) is 9.54. The molecule has 3 nitrogen and oxygen atoms in total. The molecule has 0 bridgehead atoms. The van der Waals surface area contributed by atoms with Gasteiger partial charge in [-0.05, 0) is 25.7 Å². The van der Waals surface area contributed by atoms with Crippen molar-refractivity contribution in [2.75, 3.05) is 0 Å². The van der Waals surface area contributed by atoms with Crippen molar-refractivity contribution in [3.05, 3.63) is 27.9 Å². The van der Waals surface area contributed by atoms with Gasteiger partial charge in [-0.1, -0.05) is 19.3 Å². The second kappa shape index (κ2) is 4.04. The van der Waals surface area contributed by atoms with Crippen LogP contribution in [0.4, 0.5) is 0 Å². The summed E-state index contributed by atoms with van der Waals surface area (Å²) in [6.07, 6.45) is 8.66. The second-order valence-corrected chi connectivity index (χ2v) is 5.16. The normalized spacial score (nSPS) is 22.2. The number of aromatic amines is 1. The smallest absolute Gasteiger partial charge is 0.251 e. The Kier molecular flexibility index (Phi) is 2.54. The van der Waals surface area contributed by atoms with Crippen molar-refractivity contribution >= 4 is 0 Å². The van der Waals surface area contributed by atoms with Gasteiger partial charge in [-0.3, -0.25) is 4.79 Å². The van der Waals surface area contributed by atoms with Crippen LogP contribution in [0.15, 0.2) is 10.9 Å². The molecule has 0 saturated heterocycles. The van der Waals surface area contributed by atoms with Crippen molar-refractivity contribution < 1.29 is 0 Å². The van der Waals surface area contributed by atoms with Crippen molar-refractivity contribution in [2.45, 2.75) is 56.8 Å². The maximum absolute atomic E-state index is 11.6. The highest BCUT2D eigenvalue weighted by molar-refractivity contribution is 5.13. The molecule has 0 unspecified atom stereocenters. The average molecular weight is 218 g/mol. The third-order valence-corrected chi connectivity index (χ3v) is 4.05. The molecule has 3 rings (SSSR count). The highest BCUT2D eigenvalue weighted by Gasteiger charge is 2.24. The van der Waals surface area contributed by atoms with Crippen LogP contribution in [0.1, 0.15) is 68.3 Å². The molecule has 2 aliphatic carbocycles. The lowest BCUT2D eigenvalue weighted by Gasteiger charge is -2.24. The van der Waals surface area contributed by atoms with Crippen LogP contribution < -0.4 is 5.56 Å². The van der Waals surface area contributed by atoms with Gasteiger partial charge in [0.25, 0.3) is 5.56 Å². The van der Waals surface area contributed by atoms with Crippen LogP contribution >= 0.6 is 0 Å². The van der Waals surface area contributed by atoms with E-state index in [1.807, 2.05) is 0 Å². The van der Waals surface area contributed by atoms with E-state index in [1.165, 1.54) is 44.9 Å². The summed E-state index contributed by atoms with van der Waals surface area (Å²) in [6, 6.07) is 1.71. The lowest BCUT2D eigenvalue weighted by molar-refractivity contribution is 0.398. The van der Waals surface area contributed by atoms with Gasteiger partial charge in [0, 0.05) is 17.9 Å². The first-order valence-electron chi connectivity index (χ1n) is 6.44. The van der Waals surface area contributed by atoms with Crippen molar-refractivity contribution in [1.82, 2.24) is 9.97 Å². The molecule has 86 valence electrons. The molecule has 1 N–H and O–H groups in total. The molecule has 3 heteroatoms. The second-order valence-electron chi connectivity index (χ2n) is 5.16. The molecule has 2 fully saturated rings. The van der Waals surface area contributed by atoms with Gasteiger partial charge in [0.15, 0.2) is 0 Å². The maximum atomic E-state index is 11.6. The molecule has 0 aromatic carbocycles. The first-order chi connectivity index (χ1) is 7.83. The highest BCUT2D eigenvalue weighted by atomic mass is 16.1. The number of H-pyrrole nitrogens is 1. The average Bonchev–Trinajstić information content (AvgIpc) is 2.66. The largest absolute Gasteiger partial charge is 0.310 e. The lowest BCUT2D eigenvalue weighted by atomic mass is 9.84. The zero-order valence-corrected chi connectivity index (χ0v) is 9.54. The molecule has 16 heavy (non-hydrogen) atoms. The van der Waals surface area contributed by atoms with Gasteiger partial charge < -0.3 is 4.98 Å². The molecule has 1 aromatic heterocycles. The molecule has 0 amide bonds. The van der Waals surface area contributed by atoms with E-state index < -0.39 is 0 Å². The Morgan fingerprint density at radius 1 is 1.06 bits per heavy atom. The van der Waals surface area contributed by atoms with Gasteiger partial charge in [-0.2, -0.15) is 0 Å². The predicted molar refractivity (Wildman–Crippen MR) is 62.7 cm³/mol. The van der Waals surface area contributed by atoms with Crippen LogP contribution in [0.25, 0.3) is 0 Å². The molecule has 1 heterocycles. The summed E-state index contributed by atoms with van der Waals surface area (Å²) in [5, 5.41) is 0. The van der Waals surface area contributed by atoms with Crippen LogP contribution in [0.5, 0.6) is 0 Å². The number of rotatable bonds is 2. The number of nitrogens with one attached hydrogen (secondary N) is 1. The van der Waals surface area contributed by atoms with Crippen LogP contribution in [0, 0.1) is 0 Å². The monoisotopic (exact) mass is 218 g/mol. The Morgan fingerprint density at radius 3 is 2.38 bits per heavy atom. The van der Waals surface area contributed by atoms with Crippen molar-refractivity contribution in [2.24, 2.45) is 0 Å². The van der Waals surface area contributed by atoms with E-state index in [4.69, 9.17) is 0 Å². The fraction of sp³-hybridized carbons (Fsp3) is 0.692. The molecule has 2 saturated carbocycles. The maximum Gasteiger partial charge on any atom is 0.251 e. The minimum absolute atomic E-state index is 0.0406. The molecular formula is C13H18N2O. The van der Waals surface area contributed by atoms with Crippen molar-refractivity contribution in [3.8, 4) is 0 Å². The van der Waals surface area contributed by atoms with Gasteiger partial charge in [0.05, 0.1) is 5.69 Å². The fourth-order valence-corrected chi connectivity index (χ4v) is 2.80. The standard InChI is InChI=1S/C13H18N2O/c16-12-8-11(9-4-1-2-5-9)14-13(15-12)10-6-3-7-10/h8-10H,1-7H2,(H,14,15,16). The minimum atomic E-state index is 0.0406. The summed E-state index contributed by atoms with van der Waals surface area (Å²) in [5.74, 6) is 2.01. The number of hydrogen-bond donors (Lipinski definition) is 1. The molecule has 1 aromatic rings. The first-order valence-corrected chi connectivity index (χ1v) is 6.44.